The van der Waals surface area contributed by atoms with E-state index in [1.807, 2.05) is 0 Å². The van der Waals surface area contributed by atoms with Gasteiger partial charge in [-0.05, 0) is 55.3 Å². The molecule has 180 valence electrons. The van der Waals surface area contributed by atoms with E-state index < -0.39 is 0 Å². The molecule has 2 aromatic rings. The summed E-state index contributed by atoms with van der Waals surface area (Å²) in [6, 6.07) is 13.9. The molecule has 0 saturated carbocycles. The van der Waals surface area contributed by atoms with Crippen molar-refractivity contribution >= 4 is 29.1 Å². The third-order valence-electron chi connectivity index (χ3n) is 5.81. The lowest BCUT2D eigenvalue weighted by Crippen LogP contribution is -2.40. The van der Waals surface area contributed by atoms with Crippen LogP contribution in [-0.4, -0.2) is 74.7 Å². The maximum atomic E-state index is 12.5. The predicted molar refractivity (Wildman–Crippen MR) is 128 cm³/mol. The number of amides is 3. The Hall–Kier alpha value is -3.43. The highest BCUT2D eigenvalue weighted by atomic mass is 16.5. The summed E-state index contributed by atoms with van der Waals surface area (Å²) in [6.45, 7) is 3.58. The fourth-order valence-corrected chi connectivity index (χ4v) is 3.92. The molecule has 2 saturated heterocycles. The third-order valence-corrected chi connectivity index (χ3v) is 5.81. The molecule has 2 heterocycles. The van der Waals surface area contributed by atoms with Gasteiger partial charge in [-0.25, -0.2) is 0 Å². The zero-order valence-electron chi connectivity index (χ0n) is 19.0. The Morgan fingerprint density at radius 3 is 2.47 bits per heavy atom. The minimum atomic E-state index is -0.245. The number of anilines is 2. The van der Waals surface area contributed by atoms with Crippen LogP contribution in [0.2, 0.25) is 0 Å². The molecule has 3 N–H and O–H groups in total. The molecule has 9 nitrogen and oxygen atoms in total. The molecule has 9 heteroatoms. The molecule has 2 aliphatic rings. The van der Waals surface area contributed by atoms with Crippen molar-refractivity contribution in [3.63, 3.8) is 0 Å². The van der Waals surface area contributed by atoms with Crippen LogP contribution in [0.4, 0.5) is 11.4 Å². The number of hydrogen-bond donors (Lipinski definition) is 3. The molecular weight excluding hydrogens is 436 g/mol. The zero-order chi connectivity index (χ0) is 23.8. The molecule has 1 atom stereocenters. The largest absolute Gasteiger partial charge is 0.378 e. The molecular formula is C25H30N4O5. The van der Waals surface area contributed by atoms with Gasteiger partial charge in [0.25, 0.3) is 11.8 Å². The molecule has 3 amide bonds. The number of benzene rings is 2. The molecule has 0 radical (unpaired) electrons. The van der Waals surface area contributed by atoms with E-state index in [0.29, 0.717) is 49.7 Å². The highest BCUT2D eigenvalue weighted by molar-refractivity contribution is 5.98. The molecule has 4 rings (SSSR count). The minimum Gasteiger partial charge on any atom is -0.378 e. The summed E-state index contributed by atoms with van der Waals surface area (Å²) in [5, 5.41) is 8.73. The Morgan fingerprint density at radius 1 is 0.941 bits per heavy atom. The molecule has 2 aromatic carbocycles. The first kappa shape index (κ1) is 23.7. The lowest BCUT2D eigenvalue weighted by Gasteiger charge is -2.26. The molecule has 0 spiro atoms. The van der Waals surface area contributed by atoms with Crippen molar-refractivity contribution in [1.82, 2.24) is 10.2 Å². The van der Waals surface area contributed by atoms with Gasteiger partial charge in [0.15, 0.2) is 0 Å². The Balaban J connectivity index is 1.24. The number of carbonyl (C=O) groups is 3. The molecule has 2 fully saturated rings. The van der Waals surface area contributed by atoms with Crippen LogP contribution >= 0.6 is 0 Å². The summed E-state index contributed by atoms with van der Waals surface area (Å²) in [5.74, 6) is -0.464. The summed E-state index contributed by atoms with van der Waals surface area (Å²) in [5.41, 5.74) is 2.36. The molecule has 1 unspecified atom stereocenters. The predicted octanol–water partition coefficient (Wildman–Crippen LogP) is 2.12. The van der Waals surface area contributed by atoms with Crippen LogP contribution in [0, 0.1) is 0 Å². The van der Waals surface area contributed by atoms with E-state index in [-0.39, 0.29) is 30.4 Å². The van der Waals surface area contributed by atoms with Crippen molar-refractivity contribution in [3.8, 4) is 0 Å². The summed E-state index contributed by atoms with van der Waals surface area (Å²) >= 11 is 0. The lowest BCUT2D eigenvalue weighted by molar-refractivity contribution is -0.114. The number of hydrogen-bond acceptors (Lipinski definition) is 6. The van der Waals surface area contributed by atoms with Gasteiger partial charge < -0.3 is 30.3 Å². The standard InChI is InChI=1S/C25H30N4O5/c30-23(17-26-20-8-6-18(7-9-20)25(32)29-10-13-33-14-11-29)28-21-4-1-3-19(15-21)24(31)27-16-22-5-2-12-34-22/h1,3-4,6-9,15,22,26H,2,5,10-14,16-17H2,(H,27,31)(H,28,30). The van der Waals surface area contributed by atoms with Crippen LogP contribution in [0.3, 0.4) is 0 Å². The van der Waals surface area contributed by atoms with Crippen molar-refractivity contribution in [2.45, 2.75) is 18.9 Å². The van der Waals surface area contributed by atoms with Crippen molar-refractivity contribution in [2.24, 2.45) is 0 Å². The quantitative estimate of drug-likeness (QED) is 0.550. The second-order valence-corrected chi connectivity index (χ2v) is 8.31. The Labute approximate surface area is 198 Å². The number of ether oxygens (including phenoxy) is 2. The van der Waals surface area contributed by atoms with E-state index in [2.05, 4.69) is 16.0 Å². The van der Waals surface area contributed by atoms with E-state index >= 15 is 0 Å². The zero-order valence-corrected chi connectivity index (χ0v) is 19.0. The van der Waals surface area contributed by atoms with Gasteiger partial charge in [0.2, 0.25) is 5.91 Å². The minimum absolute atomic E-state index is 0.0210. The fourth-order valence-electron chi connectivity index (χ4n) is 3.92. The van der Waals surface area contributed by atoms with Gasteiger partial charge in [-0.3, -0.25) is 14.4 Å². The highest BCUT2D eigenvalue weighted by Gasteiger charge is 2.19. The number of morpholine rings is 1. The van der Waals surface area contributed by atoms with Gasteiger partial charge in [0.05, 0.1) is 25.9 Å². The molecule has 0 bridgehead atoms. The Kier molecular flexibility index (Phi) is 8.11. The van der Waals surface area contributed by atoms with Crippen LogP contribution in [0.1, 0.15) is 33.6 Å². The second-order valence-electron chi connectivity index (χ2n) is 8.31. The summed E-state index contributed by atoms with van der Waals surface area (Å²) in [6.07, 6.45) is 2.05. The van der Waals surface area contributed by atoms with Crippen molar-refractivity contribution in [3.05, 3.63) is 59.7 Å². The van der Waals surface area contributed by atoms with Crippen LogP contribution in [0.5, 0.6) is 0 Å². The molecule has 0 aliphatic carbocycles. The number of nitrogens with one attached hydrogen (secondary N) is 3. The van der Waals surface area contributed by atoms with E-state index in [9.17, 15) is 14.4 Å². The van der Waals surface area contributed by atoms with E-state index in [1.165, 1.54) is 0 Å². The average molecular weight is 467 g/mol. The maximum Gasteiger partial charge on any atom is 0.254 e. The summed E-state index contributed by atoms with van der Waals surface area (Å²) in [7, 11) is 0. The van der Waals surface area contributed by atoms with Crippen LogP contribution < -0.4 is 16.0 Å². The Morgan fingerprint density at radius 2 is 1.74 bits per heavy atom. The molecule has 34 heavy (non-hydrogen) atoms. The second kappa shape index (κ2) is 11.6. The van der Waals surface area contributed by atoms with Gasteiger partial charge in [-0.2, -0.15) is 0 Å². The first-order valence-electron chi connectivity index (χ1n) is 11.6. The van der Waals surface area contributed by atoms with Crippen LogP contribution in [0.25, 0.3) is 0 Å². The highest BCUT2D eigenvalue weighted by Crippen LogP contribution is 2.15. The van der Waals surface area contributed by atoms with Gasteiger partial charge in [-0.15, -0.1) is 0 Å². The topological polar surface area (TPSA) is 109 Å². The van der Waals surface area contributed by atoms with Crippen molar-refractivity contribution < 1.29 is 23.9 Å². The van der Waals surface area contributed by atoms with Crippen LogP contribution in [-0.2, 0) is 14.3 Å². The average Bonchev–Trinajstić information content (AvgIpc) is 3.40. The summed E-state index contributed by atoms with van der Waals surface area (Å²) in [4.78, 5) is 39.1. The molecule has 2 aliphatic heterocycles. The van der Waals surface area contributed by atoms with Crippen molar-refractivity contribution in [1.29, 1.82) is 0 Å². The van der Waals surface area contributed by atoms with Crippen LogP contribution in [0.15, 0.2) is 48.5 Å². The smallest absolute Gasteiger partial charge is 0.254 e. The van der Waals surface area contributed by atoms with E-state index in [1.54, 1.807) is 53.4 Å². The Bertz CT molecular complexity index is 999. The fraction of sp³-hybridized carbons (Fsp3) is 0.400. The number of carbonyl (C=O) groups excluding carboxylic acids is 3. The van der Waals surface area contributed by atoms with E-state index in [0.717, 1.165) is 25.1 Å². The van der Waals surface area contributed by atoms with Gasteiger partial charge in [-0.1, -0.05) is 6.07 Å². The first-order chi connectivity index (χ1) is 16.6. The molecule has 0 aromatic heterocycles. The van der Waals surface area contributed by atoms with Gasteiger partial charge >= 0.3 is 0 Å². The SMILES string of the molecule is O=C(CNc1ccc(C(=O)N2CCOCC2)cc1)Nc1cccc(C(=O)NCC2CCCO2)c1. The maximum absolute atomic E-state index is 12.5. The van der Waals surface area contributed by atoms with Crippen molar-refractivity contribution in [2.75, 3.05) is 56.6 Å². The van der Waals surface area contributed by atoms with Gasteiger partial charge in [0, 0.05) is 48.7 Å². The number of nitrogens with zero attached hydrogens (tertiary/aromatic N) is 1. The summed E-state index contributed by atoms with van der Waals surface area (Å²) < 4.78 is 10.8. The third kappa shape index (κ3) is 6.55. The lowest BCUT2D eigenvalue weighted by atomic mass is 10.1. The number of rotatable bonds is 8. The van der Waals surface area contributed by atoms with E-state index in [4.69, 9.17) is 9.47 Å². The normalized spacial score (nSPS) is 17.8. The monoisotopic (exact) mass is 466 g/mol. The van der Waals surface area contributed by atoms with Gasteiger partial charge in [0.1, 0.15) is 0 Å². The first-order valence-corrected chi connectivity index (χ1v) is 11.6.